The number of anilines is 2. The van der Waals surface area contributed by atoms with Crippen LogP contribution in [-0.2, 0) is 0 Å². The molecule has 0 aliphatic carbocycles. The molecule has 2 N–H and O–H groups in total. The summed E-state index contributed by atoms with van der Waals surface area (Å²) in [6.45, 7) is 0. The maximum absolute atomic E-state index is 11.9. The number of pyridine rings is 1. The molecule has 0 aliphatic rings. The number of aromatic nitrogens is 1. The minimum absolute atomic E-state index is 0.209. The Labute approximate surface area is 119 Å². The lowest BCUT2D eigenvalue weighted by Crippen LogP contribution is -2.13. The van der Waals surface area contributed by atoms with Crippen LogP contribution in [0.25, 0.3) is 0 Å². The van der Waals surface area contributed by atoms with E-state index in [0.29, 0.717) is 5.69 Å². The van der Waals surface area contributed by atoms with E-state index in [1.54, 1.807) is 12.3 Å². The van der Waals surface area contributed by atoms with Crippen molar-refractivity contribution in [3.63, 3.8) is 0 Å². The third-order valence-electron chi connectivity index (χ3n) is 2.39. The van der Waals surface area contributed by atoms with Gasteiger partial charge in [-0.25, -0.2) is 4.98 Å². The number of hydrogen-bond donors (Lipinski definition) is 2. The predicted octanol–water partition coefficient (Wildman–Crippen LogP) is 2.98. The molecular weight excluding hydrogens is 341 g/mol. The number of nitrogens with one attached hydrogen (secondary N) is 2. The summed E-state index contributed by atoms with van der Waals surface area (Å²) < 4.78 is 1.13. The smallest absolute Gasteiger partial charge is 0.274 e. The average molecular weight is 353 g/mol. The zero-order valence-electron chi connectivity index (χ0n) is 9.77. The quantitative estimate of drug-likeness (QED) is 0.835. The molecule has 0 fully saturated rings. The molecule has 0 unspecified atom stereocenters. The van der Waals surface area contributed by atoms with E-state index in [2.05, 4.69) is 38.2 Å². The molecule has 92 valence electrons. The van der Waals surface area contributed by atoms with Crippen LogP contribution < -0.4 is 10.6 Å². The van der Waals surface area contributed by atoms with E-state index in [1.807, 2.05) is 37.4 Å². The van der Waals surface area contributed by atoms with Gasteiger partial charge < -0.3 is 10.6 Å². The fourth-order valence-electron chi connectivity index (χ4n) is 1.40. The van der Waals surface area contributed by atoms with Crippen molar-refractivity contribution in [3.8, 4) is 0 Å². The van der Waals surface area contributed by atoms with Gasteiger partial charge in [0.15, 0.2) is 0 Å². The van der Waals surface area contributed by atoms with Gasteiger partial charge in [-0.1, -0.05) is 0 Å². The van der Waals surface area contributed by atoms with Crippen LogP contribution in [0.1, 0.15) is 10.5 Å². The van der Waals surface area contributed by atoms with Crippen LogP contribution in [0.3, 0.4) is 0 Å². The Kier molecular flexibility index (Phi) is 4.14. The van der Waals surface area contributed by atoms with E-state index in [0.717, 1.165) is 14.9 Å². The van der Waals surface area contributed by atoms with Gasteiger partial charge in [-0.3, -0.25) is 4.79 Å². The van der Waals surface area contributed by atoms with Crippen LogP contribution in [0.4, 0.5) is 11.4 Å². The molecule has 0 spiro atoms. The molecule has 0 atom stereocenters. The lowest BCUT2D eigenvalue weighted by atomic mass is 10.3. The van der Waals surface area contributed by atoms with Crippen molar-refractivity contribution in [1.29, 1.82) is 0 Å². The van der Waals surface area contributed by atoms with Gasteiger partial charge in [0.2, 0.25) is 0 Å². The minimum Gasteiger partial charge on any atom is -0.387 e. The summed E-state index contributed by atoms with van der Waals surface area (Å²) in [7, 11) is 1.81. The van der Waals surface area contributed by atoms with Gasteiger partial charge >= 0.3 is 0 Å². The third-order valence-corrected chi connectivity index (χ3v) is 3.11. The van der Waals surface area contributed by atoms with Crippen LogP contribution in [0, 0.1) is 3.57 Å². The molecule has 1 amide bonds. The number of hydrogen-bond acceptors (Lipinski definition) is 3. The van der Waals surface area contributed by atoms with Crippen LogP contribution >= 0.6 is 22.6 Å². The summed E-state index contributed by atoms with van der Waals surface area (Å²) in [5.74, 6) is -0.209. The van der Waals surface area contributed by atoms with E-state index in [-0.39, 0.29) is 5.91 Å². The fourth-order valence-corrected chi connectivity index (χ4v) is 1.76. The second-order valence-electron chi connectivity index (χ2n) is 3.64. The number of carbonyl (C=O) groups excluding carboxylic acids is 1. The summed E-state index contributed by atoms with van der Waals surface area (Å²) in [4.78, 5) is 16.0. The Balaban J connectivity index is 2.09. The standard InChI is InChI=1S/C13H12IN3O/c1-15-11-6-7-12(16-8-11)13(18)17-10-4-2-9(14)3-5-10/h2-8,15H,1H3,(H,17,18). The number of benzene rings is 1. The predicted molar refractivity (Wildman–Crippen MR) is 80.9 cm³/mol. The number of halogens is 1. The highest BCUT2D eigenvalue weighted by molar-refractivity contribution is 14.1. The van der Waals surface area contributed by atoms with Crippen molar-refractivity contribution in [2.75, 3.05) is 17.7 Å². The molecule has 2 rings (SSSR count). The van der Waals surface area contributed by atoms with Crippen molar-refractivity contribution >= 4 is 39.9 Å². The first-order chi connectivity index (χ1) is 8.69. The van der Waals surface area contributed by atoms with Crippen LogP contribution in [0.2, 0.25) is 0 Å². The molecule has 0 saturated heterocycles. The van der Waals surface area contributed by atoms with Crippen molar-refractivity contribution in [1.82, 2.24) is 4.98 Å². The molecule has 1 aromatic carbocycles. The zero-order chi connectivity index (χ0) is 13.0. The third kappa shape index (κ3) is 3.19. The van der Waals surface area contributed by atoms with Crippen LogP contribution in [0.5, 0.6) is 0 Å². The first-order valence-electron chi connectivity index (χ1n) is 5.40. The van der Waals surface area contributed by atoms with Gasteiger partial charge in [0, 0.05) is 16.3 Å². The van der Waals surface area contributed by atoms with E-state index in [9.17, 15) is 4.79 Å². The maximum atomic E-state index is 11.9. The van der Waals surface area contributed by atoms with E-state index in [1.165, 1.54) is 0 Å². The highest BCUT2D eigenvalue weighted by Crippen LogP contribution is 2.12. The fraction of sp³-hybridized carbons (Fsp3) is 0.0769. The molecule has 0 aliphatic heterocycles. The van der Waals surface area contributed by atoms with Crippen molar-refractivity contribution in [2.45, 2.75) is 0 Å². The average Bonchev–Trinajstić information content (AvgIpc) is 2.41. The Morgan fingerprint density at radius 3 is 2.33 bits per heavy atom. The van der Waals surface area contributed by atoms with Gasteiger partial charge in [-0.2, -0.15) is 0 Å². The largest absolute Gasteiger partial charge is 0.387 e. The van der Waals surface area contributed by atoms with Gasteiger partial charge in [0.25, 0.3) is 5.91 Å². The molecule has 2 aromatic rings. The Morgan fingerprint density at radius 1 is 1.11 bits per heavy atom. The Hall–Kier alpha value is -1.63. The molecule has 4 nitrogen and oxygen atoms in total. The van der Waals surface area contributed by atoms with Crippen LogP contribution in [0.15, 0.2) is 42.6 Å². The molecule has 1 heterocycles. The summed E-state index contributed by atoms with van der Waals surface area (Å²) in [6.07, 6.45) is 1.63. The molecule has 5 heteroatoms. The number of nitrogens with zero attached hydrogens (tertiary/aromatic N) is 1. The SMILES string of the molecule is CNc1ccc(C(=O)Nc2ccc(I)cc2)nc1. The molecule has 0 saturated carbocycles. The lowest BCUT2D eigenvalue weighted by Gasteiger charge is -2.05. The van der Waals surface area contributed by atoms with E-state index in [4.69, 9.17) is 0 Å². The zero-order valence-corrected chi connectivity index (χ0v) is 11.9. The summed E-state index contributed by atoms with van der Waals surface area (Å²) >= 11 is 2.22. The number of rotatable bonds is 3. The van der Waals surface area contributed by atoms with E-state index < -0.39 is 0 Å². The molecular formula is C13H12IN3O. The molecule has 18 heavy (non-hydrogen) atoms. The highest BCUT2D eigenvalue weighted by atomic mass is 127. The minimum atomic E-state index is -0.209. The number of amides is 1. The Bertz CT molecular complexity index is 537. The second-order valence-corrected chi connectivity index (χ2v) is 4.89. The maximum Gasteiger partial charge on any atom is 0.274 e. The lowest BCUT2D eigenvalue weighted by molar-refractivity contribution is 0.102. The first kappa shape index (κ1) is 12.8. The van der Waals surface area contributed by atoms with Crippen LogP contribution in [-0.4, -0.2) is 17.9 Å². The van der Waals surface area contributed by atoms with Gasteiger partial charge in [-0.05, 0) is 59.0 Å². The number of carbonyl (C=O) groups is 1. The normalized spacial score (nSPS) is 9.89. The monoisotopic (exact) mass is 353 g/mol. The highest BCUT2D eigenvalue weighted by Gasteiger charge is 2.07. The summed E-state index contributed by atoms with van der Waals surface area (Å²) in [5.41, 5.74) is 2.04. The topological polar surface area (TPSA) is 54.0 Å². The second kappa shape index (κ2) is 5.81. The van der Waals surface area contributed by atoms with E-state index >= 15 is 0 Å². The van der Waals surface area contributed by atoms with Gasteiger partial charge in [0.1, 0.15) is 5.69 Å². The van der Waals surface area contributed by atoms with Gasteiger partial charge in [0.05, 0.1) is 11.9 Å². The summed E-state index contributed by atoms with van der Waals surface area (Å²) in [6, 6.07) is 11.1. The Morgan fingerprint density at radius 2 is 1.78 bits per heavy atom. The first-order valence-corrected chi connectivity index (χ1v) is 6.47. The van der Waals surface area contributed by atoms with Crippen molar-refractivity contribution in [2.24, 2.45) is 0 Å². The molecule has 0 radical (unpaired) electrons. The molecule has 1 aromatic heterocycles. The summed E-state index contributed by atoms with van der Waals surface area (Å²) in [5, 5.41) is 5.75. The molecule has 0 bridgehead atoms. The van der Waals surface area contributed by atoms with Gasteiger partial charge in [-0.15, -0.1) is 0 Å². The van der Waals surface area contributed by atoms with Crippen molar-refractivity contribution in [3.05, 3.63) is 51.9 Å². The van der Waals surface area contributed by atoms with Crippen molar-refractivity contribution < 1.29 is 4.79 Å².